The predicted molar refractivity (Wildman–Crippen MR) is 113 cm³/mol. The molecular formula is C23H29FN2O4. The lowest BCUT2D eigenvalue weighted by molar-refractivity contribution is -0.142. The molecular weight excluding hydrogens is 387 g/mol. The molecule has 2 aromatic rings. The van der Waals surface area contributed by atoms with E-state index >= 15 is 0 Å². The molecule has 2 rings (SSSR count). The molecule has 0 radical (unpaired) electrons. The van der Waals surface area contributed by atoms with Crippen LogP contribution in [0.25, 0.3) is 0 Å². The van der Waals surface area contributed by atoms with E-state index in [1.165, 1.54) is 17.0 Å². The summed E-state index contributed by atoms with van der Waals surface area (Å²) in [4.78, 5) is 27.0. The molecule has 2 amide bonds. The fourth-order valence-corrected chi connectivity index (χ4v) is 2.79. The Kier molecular flexibility index (Phi) is 8.65. The normalized spacial score (nSPS) is 11.7. The second-order valence-corrected chi connectivity index (χ2v) is 7.41. The van der Waals surface area contributed by atoms with Gasteiger partial charge in [0.1, 0.15) is 11.8 Å². The first-order valence-electron chi connectivity index (χ1n) is 9.89. The van der Waals surface area contributed by atoms with Gasteiger partial charge in [-0.05, 0) is 42.7 Å². The monoisotopic (exact) mass is 416 g/mol. The van der Waals surface area contributed by atoms with E-state index in [0.29, 0.717) is 12.3 Å². The fourth-order valence-electron chi connectivity index (χ4n) is 2.79. The average molecular weight is 416 g/mol. The van der Waals surface area contributed by atoms with E-state index in [1.54, 1.807) is 38.3 Å². The number of nitrogens with zero attached hydrogens (tertiary/aromatic N) is 1. The number of halogens is 1. The molecule has 6 nitrogen and oxygen atoms in total. The first kappa shape index (κ1) is 23.2. The molecule has 162 valence electrons. The molecule has 0 saturated carbocycles. The van der Waals surface area contributed by atoms with E-state index < -0.39 is 17.8 Å². The van der Waals surface area contributed by atoms with Gasteiger partial charge in [-0.3, -0.25) is 9.59 Å². The summed E-state index contributed by atoms with van der Waals surface area (Å²) in [5.41, 5.74) is 0.803. The molecule has 0 unspecified atom stereocenters. The third kappa shape index (κ3) is 6.76. The molecule has 0 aromatic heterocycles. The molecule has 0 aliphatic carbocycles. The Morgan fingerprint density at radius 2 is 1.83 bits per heavy atom. The molecule has 0 bridgehead atoms. The first-order valence-corrected chi connectivity index (χ1v) is 9.89. The number of amides is 2. The maximum Gasteiger partial charge on any atom is 0.261 e. The Morgan fingerprint density at radius 3 is 2.50 bits per heavy atom. The van der Waals surface area contributed by atoms with Crippen molar-refractivity contribution in [2.45, 2.75) is 33.4 Å². The van der Waals surface area contributed by atoms with Crippen molar-refractivity contribution >= 4 is 11.8 Å². The highest BCUT2D eigenvalue weighted by Gasteiger charge is 2.27. The van der Waals surface area contributed by atoms with Crippen molar-refractivity contribution < 1.29 is 23.5 Å². The summed E-state index contributed by atoms with van der Waals surface area (Å²) in [6.45, 7) is 5.96. The number of benzene rings is 2. The minimum atomic E-state index is -0.730. The summed E-state index contributed by atoms with van der Waals surface area (Å²) >= 11 is 0. The van der Waals surface area contributed by atoms with Crippen LogP contribution in [0.1, 0.15) is 26.3 Å². The van der Waals surface area contributed by atoms with Gasteiger partial charge in [0.2, 0.25) is 5.91 Å². The maximum absolute atomic E-state index is 13.8. The van der Waals surface area contributed by atoms with Crippen molar-refractivity contribution in [3.63, 3.8) is 0 Å². The van der Waals surface area contributed by atoms with Crippen LogP contribution in [0.15, 0.2) is 48.5 Å². The molecule has 0 spiro atoms. The first-order chi connectivity index (χ1) is 14.3. The fraction of sp³-hybridized carbons (Fsp3) is 0.391. The van der Waals surface area contributed by atoms with E-state index in [1.807, 2.05) is 26.0 Å². The number of methoxy groups -OCH3 is 1. The Morgan fingerprint density at radius 1 is 1.10 bits per heavy atom. The van der Waals surface area contributed by atoms with Crippen molar-refractivity contribution in [2.24, 2.45) is 5.92 Å². The molecule has 0 fully saturated rings. The van der Waals surface area contributed by atoms with Crippen molar-refractivity contribution in [3.8, 4) is 11.5 Å². The summed E-state index contributed by atoms with van der Waals surface area (Å²) in [6, 6.07) is 12.4. The van der Waals surface area contributed by atoms with Gasteiger partial charge in [0, 0.05) is 13.1 Å². The molecule has 0 saturated heterocycles. The summed E-state index contributed by atoms with van der Waals surface area (Å²) in [7, 11) is 1.56. The number of hydrogen-bond donors (Lipinski definition) is 1. The number of carbonyl (C=O) groups is 2. The third-order valence-electron chi connectivity index (χ3n) is 4.53. The standard InChI is InChI=1S/C23H29FN2O4/c1-16(2)13-25-23(28)17(3)26(14-18-8-7-9-19(12-18)29-4)22(27)15-30-21-11-6-5-10-20(21)24/h5-12,16-17H,13-15H2,1-4H3,(H,25,28)/t17-/m1/s1. The molecule has 1 atom stereocenters. The highest BCUT2D eigenvalue weighted by atomic mass is 19.1. The van der Waals surface area contributed by atoms with Crippen LogP contribution in [-0.4, -0.2) is 43.0 Å². The molecule has 1 N–H and O–H groups in total. The van der Waals surface area contributed by atoms with Crippen LogP contribution in [0.4, 0.5) is 4.39 Å². The van der Waals surface area contributed by atoms with E-state index in [2.05, 4.69) is 5.32 Å². The van der Waals surface area contributed by atoms with E-state index in [-0.39, 0.29) is 30.7 Å². The Labute approximate surface area is 177 Å². The van der Waals surface area contributed by atoms with Crippen LogP contribution >= 0.6 is 0 Å². The van der Waals surface area contributed by atoms with Gasteiger partial charge >= 0.3 is 0 Å². The zero-order valence-corrected chi connectivity index (χ0v) is 17.9. The maximum atomic E-state index is 13.8. The number of rotatable bonds is 10. The lowest BCUT2D eigenvalue weighted by atomic mass is 10.1. The van der Waals surface area contributed by atoms with Crippen molar-refractivity contribution in [1.29, 1.82) is 0 Å². The van der Waals surface area contributed by atoms with E-state index in [9.17, 15) is 14.0 Å². The van der Waals surface area contributed by atoms with Crippen LogP contribution in [0, 0.1) is 11.7 Å². The Bertz CT molecular complexity index is 857. The van der Waals surface area contributed by atoms with Gasteiger partial charge in [0.25, 0.3) is 5.91 Å². The highest BCUT2D eigenvalue weighted by molar-refractivity contribution is 5.88. The molecule has 0 aliphatic heterocycles. The van der Waals surface area contributed by atoms with Crippen LogP contribution < -0.4 is 14.8 Å². The summed E-state index contributed by atoms with van der Waals surface area (Å²) < 4.78 is 24.4. The number of nitrogens with one attached hydrogen (secondary N) is 1. The number of ether oxygens (including phenoxy) is 2. The largest absolute Gasteiger partial charge is 0.497 e. The van der Waals surface area contributed by atoms with Gasteiger partial charge in [0.05, 0.1) is 7.11 Å². The highest BCUT2D eigenvalue weighted by Crippen LogP contribution is 2.18. The molecule has 2 aromatic carbocycles. The predicted octanol–water partition coefficient (Wildman–Crippen LogP) is 3.40. The topological polar surface area (TPSA) is 67.9 Å². The quantitative estimate of drug-likeness (QED) is 0.645. The molecule has 7 heteroatoms. The zero-order valence-electron chi connectivity index (χ0n) is 17.9. The number of carbonyl (C=O) groups excluding carboxylic acids is 2. The molecule has 30 heavy (non-hydrogen) atoms. The summed E-state index contributed by atoms with van der Waals surface area (Å²) in [5.74, 6) is -0.303. The smallest absolute Gasteiger partial charge is 0.261 e. The van der Waals surface area contributed by atoms with Gasteiger partial charge in [-0.2, -0.15) is 0 Å². The minimum Gasteiger partial charge on any atom is -0.497 e. The van der Waals surface area contributed by atoms with Crippen molar-refractivity contribution in [3.05, 3.63) is 59.9 Å². The second kappa shape index (κ2) is 11.2. The third-order valence-corrected chi connectivity index (χ3v) is 4.53. The van der Waals surface area contributed by atoms with E-state index in [0.717, 1.165) is 5.56 Å². The van der Waals surface area contributed by atoms with Crippen molar-refractivity contribution in [2.75, 3.05) is 20.3 Å². The number of hydrogen-bond acceptors (Lipinski definition) is 4. The van der Waals surface area contributed by atoms with Crippen LogP contribution in [0.2, 0.25) is 0 Å². The lowest BCUT2D eigenvalue weighted by Gasteiger charge is -2.29. The summed E-state index contributed by atoms with van der Waals surface area (Å²) in [5, 5.41) is 2.85. The van der Waals surface area contributed by atoms with Gasteiger partial charge in [-0.15, -0.1) is 0 Å². The second-order valence-electron chi connectivity index (χ2n) is 7.41. The number of para-hydroxylation sites is 1. The average Bonchev–Trinajstić information content (AvgIpc) is 2.74. The molecule has 0 aliphatic rings. The van der Waals surface area contributed by atoms with Gasteiger partial charge in [-0.1, -0.05) is 38.1 Å². The van der Waals surface area contributed by atoms with Crippen molar-refractivity contribution in [1.82, 2.24) is 10.2 Å². The summed E-state index contributed by atoms with van der Waals surface area (Å²) in [6.07, 6.45) is 0. The molecule has 0 heterocycles. The SMILES string of the molecule is COc1cccc(CN(C(=O)COc2ccccc2F)[C@H](C)C(=O)NCC(C)C)c1. The van der Waals surface area contributed by atoms with Crippen LogP contribution in [0.3, 0.4) is 0 Å². The van der Waals surface area contributed by atoms with Crippen LogP contribution in [-0.2, 0) is 16.1 Å². The lowest BCUT2D eigenvalue weighted by Crippen LogP contribution is -2.49. The van der Waals surface area contributed by atoms with Gasteiger partial charge < -0.3 is 19.7 Å². The van der Waals surface area contributed by atoms with Crippen LogP contribution in [0.5, 0.6) is 11.5 Å². The van der Waals surface area contributed by atoms with Gasteiger partial charge in [0.15, 0.2) is 18.2 Å². The zero-order chi connectivity index (χ0) is 22.1. The minimum absolute atomic E-state index is 0.0101. The Balaban J connectivity index is 2.17. The van der Waals surface area contributed by atoms with Gasteiger partial charge in [-0.25, -0.2) is 4.39 Å². The van der Waals surface area contributed by atoms with E-state index in [4.69, 9.17) is 9.47 Å². The Hall–Kier alpha value is -3.09.